The van der Waals surface area contributed by atoms with Crippen molar-refractivity contribution < 1.29 is 4.79 Å². The smallest absolute Gasteiger partial charge is 0.222 e. The molecule has 1 amide bonds. The third kappa shape index (κ3) is 7.11. The number of likely N-dealkylation sites (tertiary alicyclic amines) is 2. The number of piperidine rings is 1. The summed E-state index contributed by atoms with van der Waals surface area (Å²) in [6, 6.07) is 8.97. The van der Waals surface area contributed by atoms with Gasteiger partial charge in [0, 0.05) is 45.7 Å². The molecule has 2 saturated heterocycles. The molecule has 2 heterocycles. The summed E-state index contributed by atoms with van der Waals surface area (Å²) in [4.78, 5) is 20.8. The fraction of sp³-hybridized carbons (Fsp3) is 0.652. The second-order valence-corrected chi connectivity index (χ2v) is 8.48. The predicted molar refractivity (Wildman–Crippen MR) is 134 cm³/mol. The van der Waals surface area contributed by atoms with Crippen LogP contribution in [0.15, 0.2) is 29.3 Å². The van der Waals surface area contributed by atoms with Gasteiger partial charge < -0.3 is 15.5 Å². The lowest BCUT2D eigenvalue weighted by molar-refractivity contribution is -0.129. The van der Waals surface area contributed by atoms with Gasteiger partial charge in [0.2, 0.25) is 5.91 Å². The van der Waals surface area contributed by atoms with E-state index in [1.165, 1.54) is 37.1 Å². The average Bonchev–Trinajstić information content (AvgIpc) is 3.21. The fourth-order valence-corrected chi connectivity index (χ4v) is 4.24. The summed E-state index contributed by atoms with van der Waals surface area (Å²) in [5.74, 6) is 1.90. The monoisotopic (exact) mass is 527 g/mol. The van der Waals surface area contributed by atoms with Crippen molar-refractivity contribution in [1.29, 1.82) is 0 Å². The Kier molecular flexibility index (Phi) is 10.4. The molecule has 1 unspecified atom stereocenters. The Morgan fingerprint density at radius 2 is 1.83 bits per heavy atom. The number of carbonyl (C=O) groups is 1. The van der Waals surface area contributed by atoms with Gasteiger partial charge in [-0.15, -0.1) is 24.0 Å². The van der Waals surface area contributed by atoms with Gasteiger partial charge in [-0.05, 0) is 49.4 Å². The first kappa shape index (κ1) is 24.9. The average molecular weight is 527 g/mol. The van der Waals surface area contributed by atoms with E-state index in [9.17, 15) is 4.79 Å². The van der Waals surface area contributed by atoms with Crippen molar-refractivity contribution >= 4 is 35.8 Å². The van der Waals surface area contributed by atoms with E-state index >= 15 is 0 Å². The highest BCUT2D eigenvalue weighted by atomic mass is 127. The Balaban J connectivity index is 0.00000320. The first-order chi connectivity index (χ1) is 14.1. The quantitative estimate of drug-likeness (QED) is 0.339. The van der Waals surface area contributed by atoms with Gasteiger partial charge in [0.25, 0.3) is 0 Å². The van der Waals surface area contributed by atoms with Crippen molar-refractivity contribution in [3.05, 3.63) is 35.4 Å². The molecule has 1 aromatic rings. The van der Waals surface area contributed by atoms with Crippen LogP contribution in [0.4, 0.5) is 0 Å². The molecule has 3 rings (SSSR count). The molecule has 1 atom stereocenters. The summed E-state index contributed by atoms with van der Waals surface area (Å²) < 4.78 is 0. The molecule has 0 bridgehead atoms. The molecular formula is C23H38IN5O. The molecule has 2 aliphatic rings. The normalized spacial score (nSPS) is 20.7. The number of carbonyl (C=O) groups excluding carboxylic acids is 1. The molecule has 0 radical (unpaired) electrons. The van der Waals surface area contributed by atoms with Gasteiger partial charge in [0.1, 0.15) is 0 Å². The van der Waals surface area contributed by atoms with Crippen LogP contribution in [0.3, 0.4) is 0 Å². The van der Waals surface area contributed by atoms with E-state index in [0.717, 1.165) is 44.5 Å². The van der Waals surface area contributed by atoms with Gasteiger partial charge >= 0.3 is 0 Å². The van der Waals surface area contributed by atoms with Crippen LogP contribution in [0.5, 0.6) is 0 Å². The van der Waals surface area contributed by atoms with Crippen LogP contribution in [-0.2, 0) is 17.9 Å². The lowest BCUT2D eigenvalue weighted by Gasteiger charge is -2.30. The number of amides is 1. The molecule has 7 heteroatoms. The molecule has 2 fully saturated rings. The van der Waals surface area contributed by atoms with Crippen molar-refractivity contribution in [3.63, 3.8) is 0 Å². The second-order valence-electron chi connectivity index (χ2n) is 8.48. The van der Waals surface area contributed by atoms with Crippen molar-refractivity contribution in [3.8, 4) is 0 Å². The van der Waals surface area contributed by atoms with Crippen LogP contribution in [0, 0.1) is 5.92 Å². The molecule has 6 nitrogen and oxygen atoms in total. The third-order valence-electron chi connectivity index (χ3n) is 6.24. The van der Waals surface area contributed by atoms with Crippen LogP contribution in [-0.4, -0.2) is 60.9 Å². The molecule has 0 spiro atoms. The van der Waals surface area contributed by atoms with Crippen molar-refractivity contribution in [1.82, 2.24) is 20.4 Å². The molecule has 1 aromatic carbocycles. The van der Waals surface area contributed by atoms with Gasteiger partial charge in [-0.2, -0.15) is 0 Å². The van der Waals surface area contributed by atoms with Crippen LogP contribution >= 0.6 is 24.0 Å². The minimum absolute atomic E-state index is 0. The molecular weight excluding hydrogens is 489 g/mol. The van der Waals surface area contributed by atoms with Crippen LogP contribution in [0.2, 0.25) is 0 Å². The Bertz CT molecular complexity index is 703. The summed E-state index contributed by atoms with van der Waals surface area (Å²) in [7, 11) is 1.81. The Morgan fingerprint density at radius 3 is 2.50 bits per heavy atom. The number of nitrogens with one attached hydrogen (secondary N) is 2. The minimum Gasteiger partial charge on any atom is -0.352 e. The summed E-state index contributed by atoms with van der Waals surface area (Å²) in [5, 5.41) is 6.96. The van der Waals surface area contributed by atoms with E-state index < -0.39 is 0 Å². The Hall–Kier alpha value is -1.35. The molecule has 0 aliphatic carbocycles. The maximum Gasteiger partial charge on any atom is 0.222 e. The largest absolute Gasteiger partial charge is 0.352 e. The van der Waals surface area contributed by atoms with E-state index in [0.29, 0.717) is 6.42 Å². The maximum atomic E-state index is 11.9. The molecule has 2 N–H and O–H groups in total. The zero-order chi connectivity index (χ0) is 20.6. The van der Waals surface area contributed by atoms with Crippen molar-refractivity contribution in [2.45, 2.75) is 58.7 Å². The zero-order valence-corrected chi connectivity index (χ0v) is 21.0. The molecule has 0 aromatic heterocycles. The number of rotatable bonds is 6. The second kappa shape index (κ2) is 12.5. The third-order valence-corrected chi connectivity index (χ3v) is 6.24. The van der Waals surface area contributed by atoms with Crippen molar-refractivity contribution in [2.24, 2.45) is 10.9 Å². The first-order valence-electron chi connectivity index (χ1n) is 11.1. The SMILES string of the molecule is CCC(=O)N1CCC(NC(=NC)NCc2ccccc2CN2CCC(C)CC2)C1.I. The summed E-state index contributed by atoms with van der Waals surface area (Å²) in [5.41, 5.74) is 2.72. The summed E-state index contributed by atoms with van der Waals surface area (Å²) >= 11 is 0. The van der Waals surface area contributed by atoms with E-state index in [-0.39, 0.29) is 35.9 Å². The van der Waals surface area contributed by atoms with Crippen molar-refractivity contribution in [2.75, 3.05) is 33.2 Å². The van der Waals surface area contributed by atoms with E-state index in [2.05, 4.69) is 51.7 Å². The topological polar surface area (TPSA) is 60.0 Å². The zero-order valence-electron chi connectivity index (χ0n) is 18.7. The van der Waals surface area contributed by atoms with E-state index in [1.807, 2.05) is 11.8 Å². The van der Waals surface area contributed by atoms with E-state index in [1.54, 1.807) is 7.05 Å². The van der Waals surface area contributed by atoms with Gasteiger partial charge in [-0.1, -0.05) is 38.1 Å². The lowest BCUT2D eigenvalue weighted by atomic mass is 9.98. The molecule has 0 saturated carbocycles. The van der Waals surface area contributed by atoms with Gasteiger partial charge in [-0.3, -0.25) is 14.7 Å². The lowest BCUT2D eigenvalue weighted by Crippen LogP contribution is -2.44. The summed E-state index contributed by atoms with van der Waals surface area (Å²) in [6.45, 7) is 10.0. The fourth-order valence-electron chi connectivity index (χ4n) is 4.24. The standard InChI is InChI=1S/C23H37N5O.HI/c1-4-22(29)28-14-11-21(17-28)26-23(24-3)25-15-19-7-5-6-8-20(19)16-27-12-9-18(2)10-13-27;/h5-8,18,21H,4,9-17H2,1-3H3,(H2,24,25,26);1H. The highest BCUT2D eigenvalue weighted by Crippen LogP contribution is 2.19. The molecule has 168 valence electrons. The van der Waals surface area contributed by atoms with Gasteiger partial charge in [0.05, 0.1) is 0 Å². The summed E-state index contributed by atoms with van der Waals surface area (Å²) in [6.07, 6.45) is 4.15. The number of hydrogen-bond donors (Lipinski definition) is 2. The number of aliphatic imine (C=N–C) groups is 1. The number of benzene rings is 1. The number of nitrogens with zero attached hydrogens (tertiary/aromatic N) is 3. The first-order valence-corrected chi connectivity index (χ1v) is 11.1. The predicted octanol–water partition coefficient (Wildman–Crippen LogP) is 3.21. The van der Waals surface area contributed by atoms with E-state index in [4.69, 9.17) is 0 Å². The van der Waals surface area contributed by atoms with Crippen LogP contribution < -0.4 is 10.6 Å². The van der Waals surface area contributed by atoms with Crippen LogP contribution in [0.25, 0.3) is 0 Å². The number of hydrogen-bond acceptors (Lipinski definition) is 3. The number of halogens is 1. The molecule has 2 aliphatic heterocycles. The molecule has 30 heavy (non-hydrogen) atoms. The Labute approximate surface area is 198 Å². The minimum atomic E-state index is 0. The van der Waals surface area contributed by atoms with Gasteiger partial charge in [0.15, 0.2) is 5.96 Å². The van der Waals surface area contributed by atoms with Gasteiger partial charge in [-0.25, -0.2) is 0 Å². The Morgan fingerprint density at radius 1 is 1.13 bits per heavy atom. The highest BCUT2D eigenvalue weighted by molar-refractivity contribution is 14.0. The van der Waals surface area contributed by atoms with Crippen LogP contribution in [0.1, 0.15) is 50.7 Å². The highest BCUT2D eigenvalue weighted by Gasteiger charge is 2.25. The number of guanidine groups is 1. The maximum absolute atomic E-state index is 11.9.